The van der Waals surface area contributed by atoms with Gasteiger partial charge in [0.25, 0.3) is 0 Å². The van der Waals surface area contributed by atoms with Gasteiger partial charge in [-0.15, -0.1) is 0 Å². The highest BCUT2D eigenvalue weighted by Gasteiger charge is 2.19. The van der Waals surface area contributed by atoms with Gasteiger partial charge in [-0.2, -0.15) is 0 Å². The Bertz CT molecular complexity index is 384. The minimum Gasteiger partial charge on any atom is -0.454 e. The highest BCUT2D eigenvalue weighted by molar-refractivity contribution is 6.31. The number of hydrogen-bond acceptors (Lipinski definition) is 4. The summed E-state index contributed by atoms with van der Waals surface area (Å²) in [5.74, 6) is 1.39. The Kier molecular flexibility index (Phi) is 3.53. The van der Waals surface area contributed by atoms with Gasteiger partial charge in [0, 0.05) is 17.1 Å². The summed E-state index contributed by atoms with van der Waals surface area (Å²) < 4.78 is 10.5. The molecule has 5 heteroatoms. The van der Waals surface area contributed by atoms with Crippen molar-refractivity contribution in [3.63, 3.8) is 0 Å². The number of hydrogen-bond donors (Lipinski definition) is 2. The molecule has 0 aromatic heterocycles. The Morgan fingerprint density at radius 2 is 2.00 bits per heavy atom. The van der Waals surface area contributed by atoms with Crippen LogP contribution in [0.3, 0.4) is 0 Å². The zero-order valence-corrected chi connectivity index (χ0v) is 9.67. The first kappa shape index (κ1) is 11.5. The zero-order valence-electron chi connectivity index (χ0n) is 8.91. The molecule has 1 aromatic carbocycles. The molecule has 0 aliphatic carbocycles. The average Bonchev–Trinajstić information content (AvgIpc) is 2.71. The average molecular weight is 243 g/mol. The number of fused-ring (bicyclic) bond motifs is 1. The Balaban J connectivity index is 2.20. The maximum Gasteiger partial charge on any atom is 0.231 e. The van der Waals surface area contributed by atoms with Gasteiger partial charge < -0.3 is 20.9 Å². The molecule has 0 fully saturated rings. The Labute approximate surface area is 99.5 Å². The Hall–Kier alpha value is -0.970. The molecule has 1 aromatic rings. The maximum absolute atomic E-state index is 6.13. The summed E-state index contributed by atoms with van der Waals surface area (Å²) in [6.45, 7) is 0.878. The molecule has 0 saturated heterocycles. The lowest BCUT2D eigenvalue weighted by atomic mass is 10.0. The smallest absolute Gasteiger partial charge is 0.231 e. The molecule has 1 aliphatic heterocycles. The number of rotatable bonds is 4. The van der Waals surface area contributed by atoms with Gasteiger partial charge in [0.2, 0.25) is 6.79 Å². The second kappa shape index (κ2) is 4.91. The highest BCUT2D eigenvalue weighted by atomic mass is 35.5. The number of benzene rings is 1. The van der Waals surface area contributed by atoms with Crippen molar-refractivity contribution in [3.05, 3.63) is 22.7 Å². The summed E-state index contributed by atoms with van der Waals surface area (Å²) >= 11 is 6.13. The van der Waals surface area contributed by atoms with E-state index in [1.807, 2.05) is 6.07 Å². The third-order valence-corrected chi connectivity index (χ3v) is 2.94. The fourth-order valence-corrected chi connectivity index (χ4v) is 2.00. The standard InChI is InChI=1S/C11H15ClN2O2/c12-8-5-11-10(15-6-16-11)4-7(8)9(14)2-1-3-13/h4-5,9H,1-3,6,13-14H2/t9-/m1/s1. The van der Waals surface area contributed by atoms with E-state index in [4.69, 9.17) is 32.5 Å². The van der Waals surface area contributed by atoms with E-state index < -0.39 is 0 Å². The van der Waals surface area contributed by atoms with E-state index in [1.165, 1.54) is 0 Å². The van der Waals surface area contributed by atoms with Crippen LogP contribution in [0.15, 0.2) is 12.1 Å². The van der Waals surface area contributed by atoms with Gasteiger partial charge in [-0.25, -0.2) is 0 Å². The third-order valence-electron chi connectivity index (χ3n) is 2.61. The van der Waals surface area contributed by atoms with Crippen molar-refractivity contribution in [1.82, 2.24) is 0 Å². The van der Waals surface area contributed by atoms with Crippen molar-refractivity contribution in [2.75, 3.05) is 13.3 Å². The van der Waals surface area contributed by atoms with Crippen molar-refractivity contribution >= 4 is 11.6 Å². The molecule has 0 radical (unpaired) electrons. The van der Waals surface area contributed by atoms with Crippen LogP contribution in [0.4, 0.5) is 0 Å². The molecule has 4 N–H and O–H groups in total. The van der Waals surface area contributed by atoms with E-state index in [0.29, 0.717) is 23.1 Å². The Morgan fingerprint density at radius 1 is 1.31 bits per heavy atom. The normalized spacial score (nSPS) is 15.2. The molecule has 2 rings (SSSR count). The van der Waals surface area contributed by atoms with Crippen LogP contribution >= 0.6 is 11.6 Å². The second-order valence-corrected chi connectivity index (χ2v) is 4.17. The summed E-state index contributed by atoms with van der Waals surface area (Å²) in [5, 5.41) is 0.619. The van der Waals surface area contributed by atoms with Crippen LogP contribution in [0.2, 0.25) is 5.02 Å². The van der Waals surface area contributed by atoms with Gasteiger partial charge in [0.15, 0.2) is 11.5 Å². The molecule has 0 amide bonds. The molecule has 4 nitrogen and oxygen atoms in total. The monoisotopic (exact) mass is 242 g/mol. The molecule has 0 bridgehead atoms. The highest BCUT2D eigenvalue weighted by Crippen LogP contribution is 2.39. The first-order chi connectivity index (χ1) is 7.72. The SMILES string of the molecule is NCCC[C@@H](N)c1cc2c(cc1Cl)OCO2. The van der Waals surface area contributed by atoms with Crippen LogP contribution in [-0.2, 0) is 0 Å². The van der Waals surface area contributed by atoms with Gasteiger partial charge in [0.05, 0.1) is 0 Å². The maximum atomic E-state index is 6.13. The minimum atomic E-state index is -0.106. The van der Waals surface area contributed by atoms with Crippen LogP contribution in [0.1, 0.15) is 24.4 Å². The summed E-state index contributed by atoms with van der Waals surface area (Å²) in [6, 6.07) is 3.50. The van der Waals surface area contributed by atoms with Crippen LogP contribution in [0.25, 0.3) is 0 Å². The van der Waals surface area contributed by atoms with Crippen molar-refractivity contribution < 1.29 is 9.47 Å². The van der Waals surface area contributed by atoms with E-state index in [1.54, 1.807) is 6.07 Å². The third kappa shape index (κ3) is 2.24. The Morgan fingerprint density at radius 3 is 2.69 bits per heavy atom. The van der Waals surface area contributed by atoms with Crippen LogP contribution in [-0.4, -0.2) is 13.3 Å². The van der Waals surface area contributed by atoms with Gasteiger partial charge in [-0.1, -0.05) is 11.6 Å². The summed E-state index contributed by atoms with van der Waals surface area (Å²) in [5.41, 5.74) is 12.4. The van der Waals surface area contributed by atoms with Crippen molar-refractivity contribution in [2.45, 2.75) is 18.9 Å². The lowest BCUT2D eigenvalue weighted by molar-refractivity contribution is 0.174. The van der Waals surface area contributed by atoms with E-state index in [-0.39, 0.29) is 12.8 Å². The van der Waals surface area contributed by atoms with Gasteiger partial charge >= 0.3 is 0 Å². The van der Waals surface area contributed by atoms with Crippen LogP contribution < -0.4 is 20.9 Å². The van der Waals surface area contributed by atoms with Crippen LogP contribution in [0, 0.1) is 0 Å². The van der Waals surface area contributed by atoms with Crippen molar-refractivity contribution in [3.8, 4) is 11.5 Å². The molecule has 88 valence electrons. The molecule has 16 heavy (non-hydrogen) atoms. The second-order valence-electron chi connectivity index (χ2n) is 3.76. The van der Waals surface area contributed by atoms with E-state index >= 15 is 0 Å². The first-order valence-electron chi connectivity index (χ1n) is 5.27. The fourth-order valence-electron chi connectivity index (χ4n) is 1.71. The lowest BCUT2D eigenvalue weighted by Gasteiger charge is -2.13. The lowest BCUT2D eigenvalue weighted by Crippen LogP contribution is -2.13. The van der Waals surface area contributed by atoms with Crippen molar-refractivity contribution in [1.29, 1.82) is 0 Å². The minimum absolute atomic E-state index is 0.106. The largest absolute Gasteiger partial charge is 0.454 e. The summed E-state index contributed by atoms with van der Waals surface area (Å²) in [7, 11) is 0. The van der Waals surface area contributed by atoms with Gasteiger partial charge in [-0.05, 0) is 31.0 Å². The van der Waals surface area contributed by atoms with Crippen LogP contribution in [0.5, 0.6) is 11.5 Å². The molecular weight excluding hydrogens is 228 g/mol. The first-order valence-corrected chi connectivity index (χ1v) is 5.65. The predicted octanol–water partition coefficient (Wildman–Crippen LogP) is 1.81. The number of nitrogens with two attached hydrogens (primary N) is 2. The van der Waals surface area contributed by atoms with E-state index in [0.717, 1.165) is 18.4 Å². The van der Waals surface area contributed by atoms with Gasteiger partial charge in [0.1, 0.15) is 0 Å². The number of ether oxygens (including phenoxy) is 2. The van der Waals surface area contributed by atoms with E-state index in [2.05, 4.69) is 0 Å². The molecule has 1 aliphatic rings. The zero-order chi connectivity index (χ0) is 11.5. The predicted molar refractivity (Wildman–Crippen MR) is 62.8 cm³/mol. The molecular formula is C11H15ClN2O2. The molecule has 1 heterocycles. The molecule has 0 saturated carbocycles. The molecule has 1 atom stereocenters. The fraction of sp³-hybridized carbons (Fsp3) is 0.455. The quantitative estimate of drug-likeness (QED) is 0.845. The van der Waals surface area contributed by atoms with E-state index in [9.17, 15) is 0 Å². The summed E-state index contributed by atoms with van der Waals surface area (Å²) in [6.07, 6.45) is 1.70. The molecule has 0 unspecified atom stereocenters. The topological polar surface area (TPSA) is 70.5 Å². The number of halogens is 1. The molecule has 0 spiro atoms. The van der Waals surface area contributed by atoms with Gasteiger partial charge in [-0.3, -0.25) is 0 Å². The summed E-state index contributed by atoms with van der Waals surface area (Å²) in [4.78, 5) is 0. The van der Waals surface area contributed by atoms with Crippen molar-refractivity contribution in [2.24, 2.45) is 11.5 Å².